The number of carboxylic acids is 1. The minimum Gasteiger partial charge on any atom is -0.480 e. The molecule has 1 saturated carbocycles. The molecule has 0 saturated heterocycles. The molecule has 1 heterocycles. The summed E-state index contributed by atoms with van der Waals surface area (Å²) >= 11 is 0. The van der Waals surface area contributed by atoms with Crippen LogP contribution in [-0.2, 0) is 4.79 Å². The lowest BCUT2D eigenvalue weighted by Gasteiger charge is -2.14. The van der Waals surface area contributed by atoms with Crippen molar-refractivity contribution in [2.45, 2.75) is 45.1 Å². The number of aryl methyl sites for hydroxylation is 1. The Morgan fingerprint density at radius 3 is 2.59 bits per heavy atom. The summed E-state index contributed by atoms with van der Waals surface area (Å²) in [7, 11) is 0. The van der Waals surface area contributed by atoms with E-state index >= 15 is 0 Å². The number of nitrogens with one attached hydrogen (secondary N) is 1. The van der Waals surface area contributed by atoms with Gasteiger partial charge in [0.2, 0.25) is 5.95 Å². The van der Waals surface area contributed by atoms with E-state index in [0.717, 1.165) is 11.4 Å². The summed E-state index contributed by atoms with van der Waals surface area (Å²) in [5.41, 5.74) is 0.954. The fraction of sp³-hybridized carbons (Fsp3) is 0.583. The average Bonchev–Trinajstić information content (AvgIpc) is 2.97. The molecule has 17 heavy (non-hydrogen) atoms. The molecule has 0 aromatic carbocycles. The molecular weight excluding hydrogens is 218 g/mol. The van der Waals surface area contributed by atoms with Crippen molar-refractivity contribution in [1.82, 2.24) is 9.97 Å². The number of carbonyl (C=O) groups is 1. The SMILES string of the molecule is Cc1cc(C(C)C)nc(NC2(C(=O)O)CC2)n1. The molecular formula is C12H17N3O2. The summed E-state index contributed by atoms with van der Waals surface area (Å²) < 4.78 is 0. The number of carboxylic acid groups (broad SMARTS) is 1. The predicted molar refractivity (Wildman–Crippen MR) is 64.1 cm³/mol. The number of hydrogen-bond donors (Lipinski definition) is 2. The quantitative estimate of drug-likeness (QED) is 0.834. The first kappa shape index (κ1) is 11.8. The lowest BCUT2D eigenvalue weighted by molar-refractivity contribution is -0.138. The van der Waals surface area contributed by atoms with Crippen LogP contribution in [0.5, 0.6) is 0 Å². The average molecular weight is 235 g/mol. The Labute approximate surface area is 100 Å². The van der Waals surface area contributed by atoms with Gasteiger partial charge in [-0.25, -0.2) is 14.8 Å². The third-order valence-electron chi connectivity index (χ3n) is 2.98. The van der Waals surface area contributed by atoms with Crippen LogP contribution in [0, 0.1) is 6.92 Å². The van der Waals surface area contributed by atoms with E-state index in [1.807, 2.05) is 13.0 Å². The summed E-state index contributed by atoms with van der Waals surface area (Å²) in [5.74, 6) is -0.0977. The van der Waals surface area contributed by atoms with Crippen LogP contribution in [0.15, 0.2) is 6.07 Å². The van der Waals surface area contributed by atoms with Gasteiger partial charge in [0.25, 0.3) is 0 Å². The highest BCUT2D eigenvalue weighted by molar-refractivity contribution is 5.85. The van der Waals surface area contributed by atoms with Gasteiger partial charge in [-0.2, -0.15) is 0 Å². The van der Waals surface area contributed by atoms with Crippen molar-refractivity contribution < 1.29 is 9.90 Å². The molecule has 1 aliphatic carbocycles. The van der Waals surface area contributed by atoms with Gasteiger partial charge in [-0.05, 0) is 31.7 Å². The third-order valence-corrected chi connectivity index (χ3v) is 2.98. The molecule has 2 rings (SSSR count). The van der Waals surface area contributed by atoms with E-state index in [0.29, 0.717) is 24.7 Å². The highest BCUT2D eigenvalue weighted by atomic mass is 16.4. The van der Waals surface area contributed by atoms with Gasteiger partial charge in [-0.3, -0.25) is 0 Å². The van der Waals surface area contributed by atoms with Gasteiger partial charge in [-0.15, -0.1) is 0 Å². The molecule has 0 spiro atoms. The fourth-order valence-electron chi connectivity index (χ4n) is 1.68. The van der Waals surface area contributed by atoms with E-state index < -0.39 is 11.5 Å². The van der Waals surface area contributed by atoms with Crippen LogP contribution in [0.3, 0.4) is 0 Å². The first-order valence-electron chi connectivity index (χ1n) is 5.80. The zero-order valence-electron chi connectivity index (χ0n) is 10.3. The zero-order chi connectivity index (χ0) is 12.6. The second-order valence-corrected chi connectivity index (χ2v) is 4.92. The van der Waals surface area contributed by atoms with E-state index in [1.54, 1.807) is 0 Å². The molecule has 0 atom stereocenters. The predicted octanol–water partition coefficient (Wildman–Crippen LogP) is 1.94. The van der Waals surface area contributed by atoms with Crippen LogP contribution in [0.2, 0.25) is 0 Å². The van der Waals surface area contributed by atoms with Crippen molar-refractivity contribution >= 4 is 11.9 Å². The standard InChI is InChI=1S/C12H17N3O2/c1-7(2)9-6-8(3)13-11(14-9)15-12(4-5-12)10(16)17/h6-7H,4-5H2,1-3H3,(H,16,17)(H,13,14,15). The third kappa shape index (κ3) is 2.38. The van der Waals surface area contributed by atoms with E-state index in [2.05, 4.69) is 29.1 Å². The molecule has 0 radical (unpaired) electrons. The number of nitrogens with zero attached hydrogens (tertiary/aromatic N) is 2. The van der Waals surface area contributed by atoms with Crippen LogP contribution in [-0.4, -0.2) is 26.6 Å². The van der Waals surface area contributed by atoms with Crippen LogP contribution < -0.4 is 5.32 Å². The fourth-order valence-corrected chi connectivity index (χ4v) is 1.68. The lowest BCUT2D eigenvalue weighted by atomic mass is 10.1. The number of aromatic nitrogens is 2. The van der Waals surface area contributed by atoms with E-state index in [-0.39, 0.29) is 0 Å². The molecule has 0 bridgehead atoms. The van der Waals surface area contributed by atoms with Gasteiger partial charge in [0.1, 0.15) is 5.54 Å². The number of anilines is 1. The van der Waals surface area contributed by atoms with Crippen molar-refractivity contribution in [2.75, 3.05) is 5.32 Å². The molecule has 1 aliphatic rings. The zero-order valence-corrected chi connectivity index (χ0v) is 10.3. The maximum absolute atomic E-state index is 11.1. The first-order valence-corrected chi connectivity index (χ1v) is 5.80. The number of rotatable bonds is 4. The molecule has 1 aromatic rings. The van der Waals surface area contributed by atoms with E-state index in [1.165, 1.54) is 0 Å². The van der Waals surface area contributed by atoms with Crippen molar-refractivity contribution in [3.63, 3.8) is 0 Å². The van der Waals surface area contributed by atoms with Gasteiger partial charge < -0.3 is 10.4 Å². The van der Waals surface area contributed by atoms with Gasteiger partial charge in [0.05, 0.1) is 0 Å². The monoisotopic (exact) mass is 235 g/mol. The maximum atomic E-state index is 11.1. The van der Waals surface area contributed by atoms with Gasteiger partial charge in [0, 0.05) is 11.4 Å². The minimum atomic E-state index is -0.831. The summed E-state index contributed by atoms with van der Waals surface area (Å²) in [6.45, 7) is 5.99. The maximum Gasteiger partial charge on any atom is 0.329 e. The van der Waals surface area contributed by atoms with Crippen LogP contribution >= 0.6 is 0 Å². The first-order chi connectivity index (χ1) is 7.93. The molecule has 1 fully saturated rings. The highest BCUT2D eigenvalue weighted by Crippen LogP contribution is 2.38. The molecule has 0 aliphatic heterocycles. The summed E-state index contributed by atoms with van der Waals surface area (Å²) in [4.78, 5) is 19.7. The lowest BCUT2D eigenvalue weighted by Crippen LogP contribution is -2.32. The van der Waals surface area contributed by atoms with Crippen LogP contribution in [0.4, 0.5) is 5.95 Å². The number of hydrogen-bond acceptors (Lipinski definition) is 4. The van der Waals surface area contributed by atoms with Gasteiger partial charge in [0.15, 0.2) is 0 Å². The van der Waals surface area contributed by atoms with Crippen LogP contribution in [0.1, 0.15) is 44.0 Å². The Bertz CT molecular complexity index is 453. The highest BCUT2D eigenvalue weighted by Gasteiger charge is 2.51. The topological polar surface area (TPSA) is 75.1 Å². The largest absolute Gasteiger partial charge is 0.480 e. The Morgan fingerprint density at radius 2 is 2.12 bits per heavy atom. The smallest absolute Gasteiger partial charge is 0.329 e. The second kappa shape index (κ2) is 3.98. The second-order valence-electron chi connectivity index (χ2n) is 4.92. The van der Waals surface area contributed by atoms with E-state index in [9.17, 15) is 4.79 Å². The van der Waals surface area contributed by atoms with Crippen molar-refractivity contribution in [3.05, 3.63) is 17.5 Å². The van der Waals surface area contributed by atoms with Crippen molar-refractivity contribution in [1.29, 1.82) is 0 Å². The molecule has 1 aromatic heterocycles. The summed E-state index contributed by atoms with van der Waals surface area (Å²) in [6.07, 6.45) is 1.27. The van der Waals surface area contributed by atoms with Crippen LogP contribution in [0.25, 0.3) is 0 Å². The van der Waals surface area contributed by atoms with Gasteiger partial charge in [-0.1, -0.05) is 13.8 Å². The summed E-state index contributed by atoms with van der Waals surface area (Å²) in [5, 5.41) is 12.0. The summed E-state index contributed by atoms with van der Waals surface area (Å²) in [6, 6.07) is 1.93. The normalized spacial score (nSPS) is 16.9. The minimum absolute atomic E-state index is 0.303. The molecule has 5 heteroatoms. The van der Waals surface area contributed by atoms with Crippen molar-refractivity contribution in [3.8, 4) is 0 Å². The Balaban J connectivity index is 2.24. The number of aliphatic carboxylic acids is 1. The molecule has 92 valence electrons. The van der Waals surface area contributed by atoms with Gasteiger partial charge >= 0.3 is 5.97 Å². The van der Waals surface area contributed by atoms with Crippen molar-refractivity contribution in [2.24, 2.45) is 0 Å². The molecule has 0 amide bonds. The molecule has 5 nitrogen and oxygen atoms in total. The Morgan fingerprint density at radius 1 is 1.47 bits per heavy atom. The van der Waals surface area contributed by atoms with E-state index in [4.69, 9.17) is 5.11 Å². The Hall–Kier alpha value is -1.65. The molecule has 0 unspecified atom stereocenters. The molecule has 2 N–H and O–H groups in total. The Kier molecular flexibility index (Phi) is 2.77.